The van der Waals surface area contributed by atoms with Gasteiger partial charge in [0.15, 0.2) is 23.4 Å². The predicted molar refractivity (Wildman–Crippen MR) is 92.8 cm³/mol. The van der Waals surface area contributed by atoms with Crippen LogP contribution in [0.2, 0.25) is 0 Å². The van der Waals surface area contributed by atoms with E-state index in [1.54, 1.807) is 14.2 Å². The molecule has 7 heteroatoms. The van der Waals surface area contributed by atoms with Crippen LogP contribution in [0.15, 0.2) is 12.1 Å². The average Bonchev–Trinajstić information content (AvgIpc) is 3.33. The van der Waals surface area contributed by atoms with Crippen LogP contribution >= 0.6 is 0 Å². The summed E-state index contributed by atoms with van der Waals surface area (Å²) in [6.07, 6.45) is 1.15. The summed E-state index contributed by atoms with van der Waals surface area (Å²) in [5, 5.41) is 0. The van der Waals surface area contributed by atoms with E-state index < -0.39 is 17.4 Å². The van der Waals surface area contributed by atoms with Gasteiger partial charge in [-0.05, 0) is 43.3 Å². The van der Waals surface area contributed by atoms with Gasteiger partial charge in [-0.15, -0.1) is 0 Å². The third-order valence-corrected chi connectivity index (χ3v) is 7.75. The lowest BCUT2D eigenvalue weighted by Gasteiger charge is -2.59. The van der Waals surface area contributed by atoms with E-state index in [4.69, 9.17) is 23.7 Å². The SMILES string of the molecule is CO[C@H]1C(=O)C[C@]23CCN(C)[C@@]24CC(O[C@@]14OC)c1cc2c(cc13)OCO2. The number of nitrogens with zero attached hydrogens (tertiary/aromatic N) is 1. The summed E-state index contributed by atoms with van der Waals surface area (Å²) in [4.78, 5) is 15.6. The molecule has 1 spiro atoms. The Bertz CT molecular complexity index is 872. The minimum Gasteiger partial charge on any atom is -0.454 e. The number of carbonyl (C=O) groups is 1. The zero-order valence-electron chi connectivity index (χ0n) is 15.7. The summed E-state index contributed by atoms with van der Waals surface area (Å²) < 4.78 is 29.7. The van der Waals surface area contributed by atoms with Gasteiger partial charge in [-0.2, -0.15) is 0 Å². The second-order valence-corrected chi connectivity index (χ2v) is 8.35. The van der Waals surface area contributed by atoms with Gasteiger partial charge in [0.2, 0.25) is 12.6 Å². The van der Waals surface area contributed by atoms with Crippen LogP contribution in [0.25, 0.3) is 0 Å². The Kier molecular flexibility index (Phi) is 2.92. The molecule has 144 valence electrons. The van der Waals surface area contributed by atoms with E-state index in [2.05, 4.69) is 18.0 Å². The van der Waals surface area contributed by atoms with Gasteiger partial charge >= 0.3 is 0 Å². The van der Waals surface area contributed by atoms with E-state index >= 15 is 0 Å². The lowest BCUT2D eigenvalue weighted by Crippen LogP contribution is -2.76. The van der Waals surface area contributed by atoms with Crippen molar-refractivity contribution < 1.29 is 28.5 Å². The molecule has 0 N–H and O–H groups in total. The number of fused-ring (bicyclic) bond motifs is 4. The largest absolute Gasteiger partial charge is 0.454 e. The van der Waals surface area contributed by atoms with Crippen LogP contribution in [0, 0.1) is 0 Å². The van der Waals surface area contributed by atoms with Crippen molar-refractivity contribution in [1.29, 1.82) is 0 Å². The van der Waals surface area contributed by atoms with Crippen LogP contribution in [0.4, 0.5) is 0 Å². The highest BCUT2D eigenvalue weighted by Gasteiger charge is 2.82. The topological polar surface area (TPSA) is 66.5 Å². The number of likely N-dealkylation sites (N-methyl/N-ethyl adjacent to an activating group) is 1. The van der Waals surface area contributed by atoms with Crippen LogP contribution in [-0.2, 0) is 24.4 Å². The van der Waals surface area contributed by atoms with Crippen molar-refractivity contribution in [2.75, 3.05) is 34.6 Å². The number of hydrogen-bond donors (Lipinski definition) is 0. The molecule has 0 amide bonds. The van der Waals surface area contributed by atoms with Gasteiger partial charge in [-0.25, -0.2) is 0 Å². The number of rotatable bonds is 2. The van der Waals surface area contributed by atoms with Crippen molar-refractivity contribution in [2.45, 2.75) is 48.2 Å². The molecule has 0 radical (unpaired) electrons. The monoisotopic (exact) mass is 373 g/mol. The lowest BCUT2D eigenvalue weighted by atomic mass is 9.51. The minimum absolute atomic E-state index is 0.0384. The molecule has 2 aliphatic carbocycles. The highest BCUT2D eigenvalue weighted by atomic mass is 16.7. The van der Waals surface area contributed by atoms with Crippen molar-refractivity contribution in [3.05, 3.63) is 23.3 Å². The summed E-state index contributed by atoms with van der Waals surface area (Å²) in [5.74, 6) is 0.406. The second-order valence-electron chi connectivity index (χ2n) is 8.35. The van der Waals surface area contributed by atoms with Crippen LogP contribution in [0.1, 0.15) is 36.5 Å². The van der Waals surface area contributed by atoms with Gasteiger partial charge < -0.3 is 23.7 Å². The quantitative estimate of drug-likeness (QED) is 0.779. The Morgan fingerprint density at radius 1 is 1.22 bits per heavy atom. The number of ketones is 1. The molecule has 3 fully saturated rings. The first kappa shape index (κ1) is 16.3. The number of methoxy groups -OCH3 is 2. The smallest absolute Gasteiger partial charge is 0.231 e. The molecule has 1 unspecified atom stereocenters. The van der Waals surface area contributed by atoms with Gasteiger partial charge in [0.05, 0.1) is 11.6 Å². The van der Waals surface area contributed by atoms with Crippen molar-refractivity contribution >= 4 is 5.78 Å². The standard InChI is InChI=1S/C20H23NO6/c1-21-5-4-18-8-13(22)17(23-2)20(24-3)19(18,21)9-16(27-20)11-6-14-15(7-12(11)18)26-10-25-14/h6-7,16-17H,4-5,8-10H2,1-3H3/t16?,17-,18-,19-,20-/m0/s1. The normalized spacial score (nSPS) is 43.7. The van der Waals surface area contributed by atoms with E-state index in [1.807, 2.05) is 6.07 Å². The highest BCUT2D eigenvalue weighted by Crippen LogP contribution is 2.71. The van der Waals surface area contributed by atoms with Gasteiger partial charge in [0.1, 0.15) is 0 Å². The fourth-order valence-electron chi connectivity index (χ4n) is 6.82. The van der Waals surface area contributed by atoms with Crippen molar-refractivity contribution in [3.8, 4) is 11.5 Å². The first-order valence-electron chi connectivity index (χ1n) is 9.47. The number of ether oxygens (including phenoxy) is 5. The van der Waals surface area contributed by atoms with Gasteiger partial charge in [-0.1, -0.05) is 0 Å². The third-order valence-electron chi connectivity index (χ3n) is 7.75. The molecule has 7 nitrogen and oxygen atoms in total. The maximum atomic E-state index is 13.2. The molecule has 5 atom stereocenters. The molecule has 0 aromatic heterocycles. The minimum atomic E-state index is -1.13. The van der Waals surface area contributed by atoms with E-state index in [-0.39, 0.29) is 24.1 Å². The number of carbonyl (C=O) groups excluding carboxylic acids is 1. The van der Waals surface area contributed by atoms with Crippen molar-refractivity contribution in [2.24, 2.45) is 0 Å². The molecule has 6 rings (SSSR count). The second kappa shape index (κ2) is 4.84. The van der Waals surface area contributed by atoms with Crippen LogP contribution in [0.3, 0.4) is 0 Å². The van der Waals surface area contributed by atoms with Crippen LogP contribution in [0.5, 0.6) is 11.5 Å². The molecule has 3 aliphatic heterocycles. The molecular weight excluding hydrogens is 350 g/mol. The summed E-state index contributed by atoms with van der Waals surface area (Å²) in [6.45, 7) is 1.10. The summed E-state index contributed by atoms with van der Waals surface area (Å²) in [5.41, 5.74) is 1.41. The van der Waals surface area contributed by atoms with E-state index in [0.717, 1.165) is 42.0 Å². The van der Waals surface area contributed by atoms with E-state index in [0.29, 0.717) is 6.42 Å². The third kappa shape index (κ3) is 1.49. The summed E-state index contributed by atoms with van der Waals surface area (Å²) in [7, 11) is 5.31. The number of hydrogen-bond acceptors (Lipinski definition) is 7. The maximum Gasteiger partial charge on any atom is 0.231 e. The van der Waals surface area contributed by atoms with Gasteiger partial charge in [0.25, 0.3) is 0 Å². The predicted octanol–water partition coefficient (Wildman–Crippen LogP) is 1.53. The average molecular weight is 373 g/mol. The molecule has 2 saturated heterocycles. The highest BCUT2D eigenvalue weighted by molar-refractivity contribution is 5.89. The molecule has 1 aromatic carbocycles. The zero-order valence-corrected chi connectivity index (χ0v) is 15.7. The van der Waals surface area contributed by atoms with Gasteiger partial charge in [0, 0.05) is 32.5 Å². The molecule has 27 heavy (non-hydrogen) atoms. The van der Waals surface area contributed by atoms with Gasteiger partial charge in [-0.3, -0.25) is 9.69 Å². The first-order valence-corrected chi connectivity index (χ1v) is 9.47. The maximum absolute atomic E-state index is 13.2. The van der Waals surface area contributed by atoms with E-state index in [1.165, 1.54) is 0 Å². The number of benzene rings is 1. The molecule has 2 bridgehead atoms. The lowest BCUT2D eigenvalue weighted by molar-refractivity contribution is -0.309. The van der Waals surface area contributed by atoms with E-state index in [9.17, 15) is 4.79 Å². The Balaban J connectivity index is 1.69. The molecule has 5 aliphatic rings. The molecule has 1 saturated carbocycles. The number of Topliss-reactive ketones (excluding diaryl/α,β-unsaturated/α-hetero) is 1. The zero-order chi connectivity index (χ0) is 18.6. The Labute approximate surface area is 157 Å². The summed E-state index contributed by atoms with van der Waals surface area (Å²) in [6, 6.07) is 4.11. The molecular formula is C20H23NO6. The molecule has 1 aromatic rings. The van der Waals surface area contributed by atoms with Crippen molar-refractivity contribution in [1.82, 2.24) is 4.90 Å². The summed E-state index contributed by atoms with van der Waals surface area (Å²) >= 11 is 0. The fourth-order valence-corrected chi connectivity index (χ4v) is 6.82. The Hall–Kier alpha value is -1.67. The van der Waals surface area contributed by atoms with Crippen LogP contribution in [-0.4, -0.2) is 62.7 Å². The van der Waals surface area contributed by atoms with Crippen LogP contribution < -0.4 is 9.47 Å². The molecule has 3 heterocycles. The number of likely N-dealkylation sites (tertiary alicyclic amines) is 1. The van der Waals surface area contributed by atoms with Crippen molar-refractivity contribution in [3.63, 3.8) is 0 Å². The Morgan fingerprint density at radius 2 is 2.00 bits per heavy atom. The first-order chi connectivity index (χ1) is 13.0. The fraction of sp³-hybridized carbons (Fsp3) is 0.650. The Morgan fingerprint density at radius 3 is 2.74 bits per heavy atom.